The molecule has 0 amide bonds. The molecule has 20 heavy (non-hydrogen) atoms. The third-order valence-electron chi connectivity index (χ3n) is 3.12. The van der Waals surface area contributed by atoms with Gasteiger partial charge in [-0.05, 0) is 39.0 Å². The summed E-state index contributed by atoms with van der Waals surface area (Å²) in [6.07, 6.45) is 1.84. The SMILES string of the molecule is CN(Cc1cc(CNC(C)(C)C)co1)c1ccccc1. The molecule has 0 spiro atoms. The number of anilines is 1. The first-order valence-corrected chi connectivity index (χ1v) is 7.01. The van der Waals surface area contributed by atoms with Crippen LogP contribution in [-0.2, 0) is 13.1 Å². The van der Waals surface area contributed by atoms with E-state index in [1.54, 1.807) is 0 Å². The van der Waals surface area contributed by atoms with Crippen LogP contribution in [0.2, 0.25) is 0 Å². The maximum Gasteiger partial charge on any atom is 0.123 e. The molecule has 2 aromatic rings. The lowest BCUT2D eigenvalue weighted by Gasteiger charge is -2.19. The molecule has 0 bridgehead atoms. The van der Waals surface area contributed by atoms with E-state index in [-0.39, 0.29) is 5.54 Å². The van der Waals surface area contributed by atoms with Gasteiger partial charge < -0.3 is 14.6 Å². The molecule has 0 aliphatic carbocycles. The lowest BCUT2D eigenvalue weighted by atomic mass is 10.1. The largest absolute Gasteiger partial charge is 0.467 e. The topological polar surface area (TPSA) is 28.4 Å². The third-order valence-corrected chi connectivity index (χ3v) is 3.12. The fourth-order valence-electron chi connectivity index (χ4n) is 1.98. The molecule has 0 saturated heterocycles. The number of furan rings is 1. The van der Waals surface area contributed by atoms with Gasteiger partial charge in [-0.1, -0.05) is 18.2 Å². The summed E-state index contributed by atoms with van der Waals surface area (Å²) in [7, 11) is 2.07. The molecule has 0 saturated carbocycles. The van der Waals surface area contributed by atoms with Crippen LogP contribution < -0.4 is 10.2 Å². The summed E-state index contributed by atoms with van der Waals surface area (Å²) in [4.78, 5) is 2.18. The van der Waals surface area contributed by atoms with Crippen molar-refractivity contribution in [2.45, 2.75) is 39.4 Å². The first-order valence-electron chi connectivity index (χ1n) is 7.01. The van der Waals surface area contributed by atoms with Crippen molar-refractivity contribution in [1.29, 1.82) is 0 Å². The molecule has 1 aromatic carbocycles. The molecule has 1 N–H and O–H groups in total. The summed E-state index contributed by atoms with van der Waals surface area (Å²) >= 11 is 0. The van der Waals surface area contributed by atoms with Gasteiger partial charge in [-0.2, -0.15) is 0 Å². The number of hydrogen-bond acceptors (Lipinski definition) is 3. The van der Waals surface area contributed by atoms with Gasteiger partial charge in [-0.15, -0.1) is 0 Å². The monoisotopic (exact) mass is 272 g/mol. The summed E-state index contributed by atoms with van der Waals surface area (Å²) in [6, 6.07) is 12.5. The predicted molar refractivity (Wildman–Crippen MR) is 83.8 cm³/mol. The second-order valence-electron chi connectivity index (χ2n) is 6.22. The second kappa shape index (κ2) is 6.14. The zero-order valence-electron chi connectivity index (χ0n) is 12.8. The van der Waals surface area contributed by atoms with E-state index in [1.165, 1.54) is 11.3 Å². The fraction of sp³-hybridized carbons (Fsp3) is 0.412. The van der Waals surface area contributed by atoms with Crippen molar-refractivity contribution in [2.75, 3.05) is 11.9 Å². The van der Waals surface area contributed by atoms with Gasteiger partial charge in [0.15, 0.2) is 0 Å². The Balaban J connectivity index is 1.93. The fourth-order valence-corrected chi connectivity index (χ4v) is 1.98. The van der Waals surface area contributed by atoms with E-state index in [0.29, 0.717) is 0 Å². The minimum Gasteiger partial charge on any atom is -0.467 e. The van der Waals surface area contributed by atoms with Gasteiger partial charge >= 0.3 is 0 Å². The molecule has 0 unspecified atom stereocenters. The van der Waals surface area contributed by atoms with Gasteiger partial charge in [0, 0.05) is 30.4 Å². The summed E-state index contributed by atoms with van der Waals surface area (Å²) in [5.74, 6) is 0.988. The Bertz CT molecular complexity index is 525. The van der Waals surface area contributed by atoms with Crippen LogP contribution >= 0.6 is 0 Å². The van der Waals surface area contributed by atoms with Gasteiger partial charge in [-0.25, -0.2) is 0 Å². The van der Waals surface area contributed by atoms with Crippen molar-refractivity contribution in [3.05, 3.63) is 54.0 Å². The lowest BCUT2D eigenvalue weighted by Crippen LogP contribution is -2.34. The van der Waals surface area contributed by atoms with Crippen LogP contribution in [0.5, 0.6) is 0 Å². The normalized spacial score (nSPS) is 11.6. The highest BCUT2D eigenvalue weighted by molar-refractivity contribution is 5.45. The minimum absolute atomic E-state index is 0.123. The number of nitrogens with one attached hydrogen (secondary N) is 1. The van der Waals surface area contributed by atoms with Crippen molar-refractivity contribution in [3.63, 3.8) is 0 Å². The Labute approximate surface area is 121 Å². The van der Waals surface area contributed by atoms with Gasteiger partial charge in [0.25, 0.3) is 0 Å². The molecule has 3 heteroatoms. The van der Waals surface area contributed by atoms with Crippen molar-refractivity contribution in [2.24, 2.45) is 0 Å². The highest BCUT2D eigenvalue weighted by atomic mass is 16.3. The Morgan fingerprint density at radius 3 is 2.50 bits per heavy atom. The quantitative estimate of drug-likeness (QED) is 0.897. The second-order valence-corrected chi connectivity index (χ2v) is 6.22. The van der Waals surface area contributed by atoms with Gasteiger partial charge in [0.2, 0.25) is 0 Å². The Hall–Kier alpha value is -1.74. The molecular weight excluding hydrogens is 248 g/mol. The maximum absolute atomic E-state index is 5.64. The van der Waals surface area contributed by atoms with Crippen LogP contribution in [0.1, 0.15) is 32.1 Å². The van der Waals surface area contributed by atoms with Crippen LogP contribution in [0.15, 0.2) is 47.1 Å². The first-order chi connectivity index (χ1) is 9.44. The average Bonchev–Trinajstić information content (AvgIpc) is 2.84. The lowest BCUT2D eigenvalue weighted by molar-refractivity contribution is 0.422. The molecule has 0 radical (unpaired) electrons. The van der Waals surface area contributed by atoms with Gasteiger partial charge in [-0.3, -0.25) is 0 Å². The van der Waals surface area contributed by atoms with E-state index in [9.17, 15) is 0 Å². The minimum atomic E-state index is 0.123. The molecule has 0 atom stereocenters. The van der Waals surface area contributed by atoms with E-state index in [2.05, 4.69) is 56.2 Å². The maximum atomic E-state index is 5.64. The van der Waals surface area contributed by atoms with Crippen LogP contribution in [0, 0.1) is 0 Å². The van der Waals surface area contributed by atoms with E-state index < -0.39 is 0 Å². The number of benzene rings is 1. The number of para-hydroxylation sites is 1. The first kappa shape index (κ1) is 14.7. The third kappa shape index (κ3) is 4.42. The van der Waals surface area contributed by atoms with Crippen molar-refractivity contribution >= 4 is 5.69 Å². The Kier molecular flexibility index (Phi) is 4.50. The molecule has 1 heterocycles. The van der Waals surface area contributed by atoms with Crippen molar-refractivity contribution in [1.82, 2.24) is 5.32 Å². The van der Waals surface area contributed by atoms with E-state index in [0.717, 1.165) is 18.8 Å². The molecule has 1 aromatic heterocycles. The van der Waals surface area contributed by atoms with Crippen LogP contribution in [-0.4, -0.2) is 12.6 Å². The van der Waals surface area contributed by atoms with E-state index in [1.807, 2.05) is 24.5 Å². The molecule has 108 valence electrons. The zero-order chi connectivity index (χ0) is 14.6. The van der Waals surface area contributed by atoms with Gasteiger partial charge in [0.1, 0.15) is 5.76 Å². The molecule has 0 aliphatic rings. The molecule has 2 rings (SSSR count). The molecule has 0 aliphatic heterocycles. The van der Waals surface area contributed by atoms with Crippen LogP contribution in [0.4, 0.5) is 5.69 Å². The number of rotatable bonds is 5. The summed E-state index contributed by atoms with van der Waals surface area (Å²) < 4.78 is 5.64. The zero-order valence-corrected chi connectivity index (χ0v) is 12.8. The Morgan fingerprint density at radius 1 is 1.15 bits per heavy atom. The van der Waals surface area contributed by atoms with E-state index >= 15 is 0 Å². The number of hydrogen-bond donors (Lipinski definition) is 1. The van der Waals surface area contributed by atoms with Crippen molar-refractivity contribution in [3.8, 4) is 0 Å². The molecule has 3 nitrogen and oxygen atoms in total. The molecule has 0 fully saturated rings. The van der Waals surface area contributed by atoms with Crippen molar-refractivity contribution < 1.29 is 4.42 Å². The predicted octanol–water partition coefficient (Wildman–Crippen LogP) is 3.80. The van der Waals surface area contributed by atoms with Crippen LogP contribution in [0.25, 0.3) is 0 Å². The van der Waals surface area contributed by atoms with Crippen LogP contribution in [0.3, 0.4) is 0 Å². The van der Waals surface area contributed by atoms with E-state index in [4.69, 9.17) is 4.42 Å². The molecular formula is C17H24N2O. The summed E-state index contributed by atoms with van der Waals surface area (Å²) in [6.45, 7) is 8.10. The summed E-state index contributed by atoms with van der Waals surface area (Å²) in [5, 5.41) is 3.46. The smallest absolute Gasteiger partial charge is 0.123 e. The highest BCUT2D eigenvalue weighted by Gasteiger charge is 2.10. The number of nitrogens with zero attached hydrogens (tertiary/aromatic N) is 1. The van der Waals surface area contributed by atoms with Gasteiger partial charge in [0.05, 0.1) is 12.8 Å². The standard InChI is InChI=1S/C17H24N2O/c1-17(2,3)18-11-14-10-16(20-13-14)12-19(4)15-8-6-5-7-9-15/h5-10,13,18H,11-12H2,1-4H3. The average molecular weight is 272 g/mol. The highest BCUT2D eigenvalue weighted by Crippen LogP contribution is 2.16. The Morgan fingerprint density at radius 2 is 1.85 bits per heavy atom. The summed E-state index contributed by atoms with van der Waals surface area (Å²) in [5.41, 5.74) is 2.51.